The Bertz CT molecular complexity index is 764. The van der Waals surface area contributed by atoms with Crippen molar-refractivity contribution in [2.45, 2.75) is 52.2 Å². The maximum atomic E-state index is 12.5. The van der Waals surface area contributed by atoms with Crippen molar-refractivity contribution >= 4 is 5.91 Å². The van der Waals surface area contributed by atoms with Crippen molar-refractivity contribution in [3.8, 4) is 5.75 Å². The van der Waals surface area contributed by atoms with Gasteiger partial charge in [-0.25, -0.2) is 0 Å². The summed E-state index contributed by atoms with van der Waals surface area (Å²) in [6.07, 6.45) is 1.17. The monoisotopic (exact) mass is 323 g/mol. The van der Waals surface area contributed by atoms with Crippen LogP contribution in [0.2, 0.25) is 0 Å². The van der Waals surface area contributed by atoms with Gasteiger partial charge in [-0.15, -0.1) is 0 Å². The van der Waals surface area contributed by atoms with Crippen molar-refractivity contribution in [3.63, 3.8) is 0 Å². The van der Waals surface area contributed by atoms with E-state index in [1.807, 2.05) is 30.3 Å². The number of carbonyl (C=O) groups excluding carboxylic acids is 1. The summed E-state index contributed by atoms with van der Waals surface area (Å²) >= 11 is 0. The molecule has 3 heteroatoms. The predicted molar refractivity (Wildman–Crippen MR) is 96.3 cm³/mol. The van der Waals surface area contributed by atoms with Gasteiger partial charge in [0, 0.05) is 12.0 Å². The van der Waals surface area contributed by atoms with Crippen LogP contribution in [0.3, 0.4) is 0 Å². The highest BCUT2D eigenvalue weighted by atomic mass is 16.5. The van der Waals surface area contributed by atoms with Crippen LogP contribution in [0, 0.1) is 13.8 Å². The van der Waals surface area contributed by atoms with Gasteiger partial charge in [0.1, 0.15) is 11.4 Å². The van der Waals surface area contributed by atoms with Crippen LogP contribution in [0.1, 0.15) is 48.6 Å². The quantitative estimate of drug-likeness (QED) is 0.916. The van der Waals surface area contributed by atoms with Crippen LogP contribution in [0.25, 0.3) is 0 Å². The number of amides is 1. The standard InChI is InChI=1S/C21H25NO2/c1-14-9-10-16(11-15(14)2)12-20(23)22-18-13-21(3,4)24-19-8-6-5-7-17(18)19/h5-11,18H,12-13H2,1-4H3,(H,22,23)/t18-/m1/s1. The molecule has 1 heterocycles. The largest absolute Gasteiger partial charge is 0.487 e. The van der Waals surface area contributed by atoms with Crippen LogP contribution in [0.4, 0.5) is 0 Å². The molecule has 0 saturated heterocycles. The van der Waals surface area contributed by atoms with Gasteiger partial charge in [-0.1, -0.05) is 36.4 Å². The lowest BCUT2D eigenvalue weighted by Crippen LogP contribution is -2.41. The molecule has 126 valence electrons. The van der Waals surface area contributed by atoms with Gasteiger partial charge < -0.3 is 10.1 Å². The molecule has 2 aromatic carbocycles. The summed E-state index contributed by atoms with van der Waals surface area (Å²) < 4.78 is 6.03. The molecule has 1 amide bonds. The maximum absolute atomic E-state index is 12.5. The number of nitrogens with one attached hydrogen (secondary N) is 1. The van der Waals surface area contributed by atoms with E-state index < -0.39 is 0 Å². The second-order valence-corrected chi connectivity index (χ2v) is 7.32. The van der Waals surface area contributed by atoms with Crippen LogP contribution in [0.15, 0.2) is 42.5 Å². The molecule has 3 nitrogen and oxygen atoms in total. The molecule has 2 aromatic rings. The van der Waals surface area contributed by atoms with Gasteiger partial charge in [-0.05, 0) is 50.5 Å². The summed E-state index contributed by atoms with van der Waals surface area (Å²) in [4.78, 5) is 12.5. The van der Waals surface area contributed by atoms with E-state index in [4.69, 9.17) is 4.74 Å². The first kappa shape index (κ1) is 16.6. The SMILES string of the molecule is Cc1ccc(CC(=O)N[C@@H]2CC(C)(C)Oc3ccccc32)cc1C. The zero-order chi connectivity index (χ0) is 17.3. The summed E-state index contributed by atoms with van der Waals surface area (Å²) in [5, 5.41) is 3.19. The highest BCUT2D eigenvalue weighted by Gasteiger charge is 2.34. The Morgan fingerprint density at radius 3 is 2.67 bits per heavy atom. The Hall–Kier alpha value is -2.29. The summed E-state index contributed by atoms with van der Waals surface area (Å²) in [5.74, 6) is 0.918. The molecule has 0 aromatic heterocycles. The van der Waals surface area contributed by atoms with E-state index in [0.717, 1.165) is 23.3 Å². The van der Waals surface area contributed by atoms with Gasteiger partial charge in [0.15, 0.2) is 0 Å². The third-order valence-electron chi connectivity index (χ3n) is 4.65. The average molecular weight is 323 g/mol. The molecule has 24 heavy (non-hydrogen) atoms. The van der Waals surface area contributed by atoms with Gasteiger partial charge in [-0.2, -0.15) is 0 Å². The number of hydrogen-bond donors (Lipinski definition) is 1. The first-order valence-electron chi connectivity index (χ1n) is 8.47. The fourth-order valence-electron chi connectivity index (χ4n) is 3.28. The molecular formula is C21H25NO2. The molecule has 0 bridgehead atoms. The zero-order valence-corrected chi connectivity index (χ0v) is 14.8. The number of para-hydroxylation sites is 1. The van der Waals surface area contributed by atoms with E-state index in [9.17, 15) is 4.79 Å². The molecular weight excluding hydrogens is 298 g/mol. The summed E-state index contributed by atoms with van der Waals surface area (Å²) in [6.45, 7) is 8.28. The minimum absolute atomic E-state index is 0.0102. The van der Waals surface area contributed by atoms with E-state index >= 15 is 0 Å². The fraction of sp³-hybridized carbons (Fsp3) is 0.381. The predicted octanol–water partition coefficient (Wildman–Crippen LogP) is 4.26. The second-order valence-electron chi connectivity index (χ2n) is 7.32. The minimum Gasteiger partial charge on any atom is -0.487 e. The van der Waals surface area contributed by atoms with Gasteiger partial charge in [0.25, 0.3) is 0 Å². The van der Waals surface area contributed by atoms with Crippen molar-refractivity contribution in [2.75, 3.05) is 0 Å². The van der Waals surface area contributed by atoms with Crippen LogP contribution in [-0.2, 0) is 11.2 Å². The highest BCUT2D eigenvalue weighted by Crippen LogP contribution is 2.39. The molecule has 1 atom stereocenters. The Morgan fingerprint density at radius 2 is 1.92 bits per heavy atom. The van der Waals surface area contributed by atoms with Crippen molar-refractivity contribution in [3.05, 3.63) is 64.7 Å². The number of carbonyl (C=O) groups is 1. The molecule has 1 aliphatic heterocycles. The van der Waals surface area contributed by atoms with E-state index in [2.05, 4.69) is 45.1 Å². The van der Waals surface area contributed by atoms with Gasteiger partial charge in [-0.3, -0.25) is 4.79 Å². The number of ether oxygens (including phenoxy) is 1. The lowest BCUT2D eigenvalue weighted by Gasteiger charge is -2.37. The molecule has 0 saturated carbocycles. The summed E-state index contributed by atoms with van der Waals surface area (Å²) in [7, 11) is 0. The smallest absolute Gasteiger partial charge is 0.224 e. The van der Waals surface area contributed by atoms with Crippen molar-refractivity contribution in [2.24, 2.45) is 0 Å². The van der Waals surface area contributed by atoms with E-state index in [1.165, 1.54) is 11.1 Å². The first-order valence-corrected chi connectivity index (χ1v) is 8.47. The Kier molecular flexibility index (Phi) is 4.35. The summed E-state index contributed by atoms with van der Waals surface area (Å²) in [5.41, 5.74) is 4.30. The average Bonchev–Trinajstić information content (AvgIpc) is 2.50. The molecule has 1 aliphatic rings. The van der Waals surface area contributed by atoms with Gasteiger partial charge in [0.2, 0.25) is 5.91 Å². The van der Waals surface area contributed by atoms with Crippen molar-refractivity contribution in [1.29, 1.82) is 0 Å². The molecule has 0 spiro atoms. The Labute approximate surface area is 144 Å². The van der Waals surface area contributed by atoms with Crippen LogP contribution in [0.5, 0.6) is 5.75 Å². The molecule has 1 N–H and O–H groups in total. The normalized spacial score (nSPS) is 18.4. The lowest BCUT2D eigenvalue weighted by molar-refractivity contribution is -0.121. The highest BCUT2D eigenvalue weighted by molar-refractivity contribution is 5.79. The number of benzene rings is 2. The van der Waals surface area contributed by atoms with E-state index in [1.54, 1.807) is 0 Å². The number of rotatable bonds is 3. The number of aryl methyl sites for hydroxylation is 2. The lowest BCUT2D eigenvalue weighted by atomic mass is 9.89. The number of hydrogen-bond acceptors (Lipinski definition) is 2. The Morgan fingerprint density at radius 1 is 1.17 bits per heavy atom. The van der Waals surface area contributed by atoms with Crippen molar-refractivity contribution in [1.82, 2.24) is 5.32 Å². The minimum atomic E-state index is -0.285. The Balaban J connectivity index is 1.75. The van der Waals surface area contributed by atoms with Crippen molar-refractivity contribution < 1.29 is 9.53 Å². The van der Waals surface area contributed by atoms with Gasteiger partial charge >= 0.3 is 0 Å². The zero-order valence-electron chi connectivity index (χ0n) is 14.8. The van der Waals surface area contributed by atoms with Crippen LogP contribution >= 0.6 is 0 Å². The molecule has 0 radical (unpaired) electrons. The third kappa shape index (κ3) is 3.61. The fourth-order valence-corrected chi connectivity index (χ4v) is 3.28. The third-order valence-corrected chi connectivity index (χ3v) is 4.65. The molecule has 0 fully saturated rings. The second kappa shape index (κ2) is 6.31. The van der Waals surface area contributed by atoms with E-state index in [-0.39, 0.29) is 17.6 Å². The van der Waals surface area contributed by atoms with E-state index in [0.29, 0.717) is 6.42 Å². The van der Waals surface area contributed by atoms with Crippen LogP contribution in [-0.4, -0.2) is 11.5 Å². The number of fused-ring (bicyclic) bond motifs is 1. The maximum Gasteiger partial charge on any atom is 0.224 e. The van der Waals surface area contributed by atoms with Gasteiger partial charge in [0.05, 0.1) is 12.5 Å². The first-order chi connectivity index (χ1) is 11.3. The van der Waals surface area contributed by atoms with Crippen LogP contribution < -0.4 is 10.1 Å². The molecule has 0 unspecified atom stereocenters. The summed E-state index contributed by atoms with van der Waals surface area (Å²) in [6, 6.07) is 14.1. The topological polar surface area (TPSA) is 38.3 Å². The molecule has 3 rings (SSSR count). The molecule has 0 aliphatic carbocycles.